The molecule has 0 aromatic rings. The van der Waals surface area contributed by atoms with Crippen LogP contribution in [-0.4, -0.2) is 71.5 Å². The third-order valence-electron chi connectivity index (χ3n) is 5.09. The largest absolute Gasteiger partial charge is 0.390 e. The Bertz CT molecular complexity index is 558. The van der Waals surface area contributed by atoms with Crippen LogP contribution in [0.3, 0.4) is 0 Å². The summed E-state index contributed by atoms with van der Waals surface area (Å²) in [5.41, 5.74) is 0. The van der Waals surface area contributed by atoms with Gasteiger partial charge in [-0.15, -0.1) is 0 Å². The van der Waals surface area contributed by atoms with Gasteiger partial charge in [0, 0.05) is 0 Å². The lowest BCUT2D eigenvalue weighted by Crippen LogP contribution is -2.49. The Kier molecular flexibility index (Phi) is 8.05. The maximum Gasteiger partial charge on any atom is 0.346 e. The van der Waals surface area contributed by atoms with E-state index in [2.05, 4.69) is 20.1 Å². The van der Waals surface area contributed by atoms with Crippen LogP contribution in [0.15, 0.2) is 0 Å². The lowest BCUT2D eigenvalue weighted by molar-refractivity contribution is -0.182. The van der Waals surface area contributed by atoms with Crippen molar-refractivity contribution in [1.29, 1.82) is 0 Å². The molecule has 2 aliphatic heterocycles. The van der Waals surface area contributed by atoms with Gasteiger partial charge in [-0.2, -0.15) is 0 Å². The molecule has 0 aliphatic carbocycles. The normalized spacial score (nSPS) is 30.0. The van der Waals surface area contributed by atoms with Crippen LogP contribution in [-0.2, 0) is 28.7 Å². The monoisotopic (exact) mass is 400 g/mol. The summed E-state index contributed by atoms with van der Waals surface area (Å²) in [7, 11) is 0. The fraction of sp³-hybridized carbons (Fsp3) is 0.778. The molecule has 10 heteroatoms. The van der Waals surface area contributed by atoms with Gasteiger partial charge in [0.15, 0.2) is 12.2 Å². The second kappa shape index (κ2) is 10.1. The molecule has 28 heavy (non-hydrogen) atoms. The highest BCUT2D eigenvalue weighted by Gasteiger charge is 2.38. The molecule has 158 valence electrons. The van der Waals surface area contributed by atoms with Crippen molar-refractivity contribution in [3.05, 3.63) is 0 Å². The number of ether oxygens (including phenoxy) is 2. The van der Waals surface area contributed by atoms with Crippen molar-refractivity contribution in [3.8, 4) is 0 Å². The molecule has 2 saturated heterocycles. The van der Waals surface area contributed by atoms with E-state index in [1.54, 1.807) is 0 Å². The average Bonchev–Trinajstić information content (AvgIpc) is 2.66. The topological polar surface area (TPSA) is 151 Å². The lowest BCUT2D eigenvalue weighted by Gasteiger charge is -2.27. The molecule has 0 radical (unpaired) electrons. The zero-order chi connectivity index (χ0) is 20.8. The number of esters is 4. The molecular weight excluding hydrogens is 372 g/mol. The Morgan fingerprint density at radius 2 is 1.14 bits per heavy atom. The van der Waals surface area contributed by atoms with Gasteiger partial charge in [0.05, 0.1) is 0 Å². The number of rotatable bonds is 5. The van der Waals surface area contributed by atoms with Crippen molar-refractivity contribution in [2.75, 3.05) is 13.1 Å². The van der Waals surface area contributed by atoms with Gasteiger partial charge in [-0.05, 0) is 50.6 Å². The summed E-state index contributed by atoms with van der Waals surface area (Å²) in [6.07, 6.45) is -1.99. The number of aliphatic hydroxyl groups excluding tert-OH is 2. The van der Waals surface area contributed by atoms with E-state index in [0.29, 0.717) is 25.9 Å². The van der Waals surface area contributed by atoms with Crippen LogP contribution < -0.4 is 10.6 Å². The van der Waals surface area contributed by atoms with Crippen LogP contribution in [0.25, 0.3) is 0 Å². The minimum absolute atomic E-state index is 0.265. The van der Waals surface area contributed by atoms with E-state index in [4.69, 9.17) is 0 Å². The Morgan fingerprint density at radius 3 is 1.46 bits per heavy atom. The van der Waals surface area contributed by atoms with Crippen molar-refractivity contribution in [2.24, 2.45) is 11.8 Å². The van der Waals surface area contributed by atoms with E-state index >= 15 is 0 Å². The number of hydrogen-bond donors (Lipinski definition) is 4. The first-order valence-electron chi connectivity index (χ1n) is 9.53. The molecule has 4 N–H and O–H groups in total. The Balaban J connectivity index is 1.83. The molecule has 6 atom stereocenters. The number of hydrogen-bond acceptors (Lipinski definition) is 10. The summed E-state index contributed by atoms with van der Waals surface area (Å²) >= 11 is 0. The molecule has 2 unspecified atom stereocenters. The smallest absolute Gasteiger partial charge is 0.346 e. The first-order valence-corrected chi connectivity index (χ1v) is 9.53. The highest BCUT2D eigenvalue weighted by molar-refractivity contribution is 5.96. The van der Waals surface area contributed by atoms with Gasteiger partial charge in [-0.1, -0.05) is 13.8 Å². The maximum atomic E-state index is 12.0. The van der Waals surface area contributed by atoms with Crippen molar-refractivity contribution < 1.29 is 38.9 Å². The second-order valence-electron chi connectivity index (χ2n) is 7.64. The van der Waals surface area contributed by atoms with E-state index in [-0.39, 0.29) is 11.8 Å². The number of carbonyl (C=O) groups is 4. The molecule has 2 aliphatic rings. The van der Waals surface area contributed by atoms with E-state index in [0.717, 1.165) is 12.8 Å². The summed E-state index contributed by atoms with van der Waals surface area (Å²) in [6, 6.07) is -1.41. The third-order valence-corrected chi connectivity index (χ3v) is 5.09. The number of piperidine rings is 2. The highest BCUT2D eigenvalue weighted by atomic mass is 16.6. The molecule has 2 rings (SSSR count). The minimum atomic E-state index is -2.34. The molecule has 0 aromatic carbocycles. The van der Waals surface area contributed by atoms with Gasteiger partial charge in [0.1, 0.15) is 12.1 Å². The Labute approximate surface area is 162 Å². The predicted molar refractivity (Wildman–Crippen MR) is 94.6 cm³/mol. The molecule has 0 amide bonds. The standard InChI is InChI=1S/C18H28N2O8/c1-9-3-5-19-11(7-9)15(23)27-17(25)13(21)14(22)18(26)28-16(24)12-8-10(2)4-6-20-12/h9-14,19-22H,3-8H2,1-2H3/t9-,10-,11-,12-,13?,14?/m1/s1. The molecule has 2 heterocycles. The molecule has 0 spiro atoms. The fourth-order valence-electron chi connectivity index (χ4n) is 3.29. The van der Waals surface area contributed by atoms with E-state index < -0.39 is 48.2 Å². The summed E-state index contributed by atoms with van der Waals surface area (Å²) in [5, 5.41) is 25.4. The third kappa shape index (κ3) is 6.06. The van der Waals surface area contributed by atoms with Crippen LogP contribution in [0.2, 0.25) is 0 Å². The summed E-state index contributed by atoms with van der Waals surface area (Å²) in [5.74, 6) is -4.22. The van der Waals surface area contributed by atoms with Crippen LogP contribution in [0.4, 0.5) is 0 Å². The number of aliphatic hydroxyl groups is 2. The zero-order valence-corrected chi connectivity index (χ0v) is 16.1. The summed E-state index contributed by atoms with van der Waals surface area (Å²) in [4.78, 5) is 47.7. The maximum absolute atomic E-state index is 12.0. The molecule has 2 fully saturated rings. The quantitative estimate of drug-likeness (QED) is 0.321. The van der Waals surface area contributed by atoms with Crippen molar-refractivity contribution >= 4 is 23.9 Å². The summed E-state index contributed by atoms with van der Waals surface area (Å²) < 4.78 is 9.10. The van der Waals surface area contributed by atoms with Gasteiger partial charge in [-0.25, -0.2) is 19.2 Å². The van der Waals surface area contributed by atoms with Crippen LogP contribution in [0, 0.1) is 11.8 Å². The Morgan fingerprint density at radius 1 is 0.786 bits per heavy atom. The van der Waals surface area contributed by atoms with Crippen LogP contribution >= 0.6 is 0 Å². The van der Waals surface area contributed by atoms with Gasteiger partial charge >= 0.3 is 23.9 Å². The van der Waals surface area contributed by atoms with Gasteiger partial charge < -0.3 is 30.3 Å². The van der Waals surface area contributed by atoms with Crippen LogP contribution in [0.5, 0.6) is 0 Å². The van der Waals surface area contributed by atoms with Crippen molar-refractivity contribution in [2.45, 2.75) is 63.8 Å². The lowest BCUT2D eigenvalue weighted by atomic mass is 9.94. The molecule has 0 aromatic heterocycles. The van der Waals surface area contributed by atoms with Crippen LogP contribution in [0.1, 0.15) is 39.5 Å². The first-order chi connectivity index (χ1) is 13.2. The number of nitrogens with one attached hydrogen (secondary N) is 2. The van der Waals surface area contributed by atoms with Gasteiger partial charge in [-0.3, -0.25) is 0 Å². The van der Waals surface area contributed by atoms with Gasteiger partial charge in [0.25, 0.3) is 0 Å². The van der Waals surface area contributed by atoms with E-state index in [1.807, 2.05) is 13.8 Å². The highest BCUT2D eigenvalue weighted by Crippen LogP contribution is 2.17. The molecular formula is C18H28N2O8. The first kappa shape index (κ1) is 22.4. The summed E-state index contributed by atoms with van der Waals surface area (Å²) in [6.45, 7) is 5.08. The van der Waals surface area contributed by atoms with E-state index in [1.165, 1.54) is 0 Å². The fourth-order valence-corrected chi connectivity index (χ4v) is 3.29. The Hall–Kier alpha value is -1.88. The zero-order valence-electron chi connectivity index (χ0n) is 16.1. The molecule has 0 bridgehead atoms. The molecule has 10 nitrogen and oxygen atoms in total. The predicted octanol–water partition coefficient (Wildman–Crippen LogP) is -1.38. The average molecular weight is 400 g/mol. The van der Waals surface area contributed by atoms with E-state index in [9.17, 15) is 29.4 Å². The SMILES string of the molecule is C[C@@H]1CCN[C@@H](C(=O)OC(=O)C(O)C(O)C(=O)OC(=O)[C@H]2C[C@H](C)CCN2)C1. The number of carbonyl (C=O) groups excluding carboxylic acids is 4. The van der Waals surface area contributed by atoms with Crippen molar-refractivity contribution in [3.63, 3.8) is 0 Å². The second-order valence-corrected chi connectivity index (χ2v) is 7.64. The van der Waals surface area contributed by atoms with Gasteiger partial charge in [0.2, 0.25) is 0 Å². The van der Waals surface area contributed by atoms with Crippen molar-refractivity contribution in [1.82, 2.24) is 10.6 Å². The molecule has 0 saturated carbocycles. The minimum Gasteiger partial charge on any atom is -0.390 e.